The smallest absolute Gasteiger partial charge is 0.339 e. The van der Waals surface area contributed by atoms with Crippen LogP contribution in [0.1, 0.15) is 58.8 Å². The maximum Gasteiger partial charge on any atom is 0.339 e. The van der Waals surface area contributed by atoms with Gasteiger partial charge in [0.25, 0.3) is 5.91 Å². The highest BCUT2D eigenvalue weighted by Gasteiger charge is 2.39. The Labute approximate surface area is 206 Å². The summed E-state index contributed by atoms with van der Waals surface area (Å²) in [4.78, 5) is 25.6. The van der Waals surface area contributed by atoms with Gasteiger partial charge >= 0.3 is 5.97 Å². The van der Waals surface area contributed by atoms with Crippen LogP contribution in [-0.4, -0.2) is 62.7 Å². The highest BCUT2D eigenvalue weighted by Crippen LogP contribution is 2.37. The topological polar surface area (TPSA) is 117 Å². The van der Waals surface area contributed by atoms with Crippen molar-refractivity contribution >= 4 is 21.7 Å². The van der Waals surface area contributed by atoms with Crippen LogP contribution in [-0.2, 0) is 38.7 Å². The first kappa shape index (κ1) is 25.4. The maximum absolute atomic E-state index is 13.0. The number of amides is 1. The average molecular weight is 504 g/mol. The van der Waals surface area contributed by atoms with Crippen molar-refractivity contribution < 1.29 is 27.5 Å². The van der Waals surface area contributed by atoms with Gasteiger partial charge in [-0.15, -0.1) is 0 Å². The Hall–Kier alpha value is -2.72. The van der Waals surface area contributed by atoms with Gasteiger partial charge in [0.2, 0.25) is 0 Å². The number of nitrogens with zero attached hydrogens (tertiary/aromatic N) is 2. The third-order valence-electron chi connectivity index (χ3n) is 6.90. The number of carbonyl (C=O) groups excluding carboxylic acids is 2. The minimum absolute atomic E-state index is 0.0292. The van der Waals surface area contributed by atoms with Crippen LogP contribution in [0.5, 0.6) is 0 Å². The molecule has 10 heteroatoms. The third kappa shape index (κ3) is 5.43. The summed E-state index contributed by atoms with van der Waals surface area (Å²) in [5.41, 5.74) is 2.35. The van der Waals surface area contributed by atoms with Gasteiger partial charge in [0, 0.05) is 38.5 Å². The molecule has 1 saturated heterocycles. The van der Waals surface area contributed by atoms with E-state index in [1.807, 2.05) is 18.5 Å². The molecular formula is C25H33N3O6S. The van der Waals surface area contributed by atoms with Crippen LogP contribution in [0.25, 0.3) is 0 Å². The molecule has 1 aromatic carbocycles. The number of carbonyl (C=O) groups is 2. The number of ether oxygens (including phenoxy) is 2. The third-order valence-corrected chi connectivity index (χ3v) is 8.06. The van der Waals surface area contributed by atoms with E-state index in [-0.39, 0.29) is 34.3 Å². The molecule has 0 unspecified atom stereocenters. The summed E-state index contributed by atoms with van der Waals surface area (Å²) in [5.74, 6) is -0.857. The van der Waals surface area contributed by atoms with E-state index in [0.29, 0.717) is 38.3 Å². The molecule has 190 valence electrons. The standard InChI is InChI=1S/C25H33N3O6S/c1-4-19-22-20(13-25(16-26-23(22)29)9-11-33-12-10-25)28(27-19)14-17(2)15-34-24(30)18-7-5-6-8-21(18)35(3,31)32/h5-8,17H,4,9-16H2,1-3H3,(H,26,29)/t17-/m1/s1. The van der Waals surface area contributed by atoms with Gasteiger partial charge in [-0.25, -0.2) is 13.2 Å². The molecule has 4 rings (SSSR count). The fourth-order valence-electron chi connectivity index (χ4n) is 4.93. The average Bonchev–Trinajstić information content (AvgIpc) is 3.10. The maximum atomic E-state index is 13.0. The summed E-state index contributed by atoms with van der Waals surface area (Å²) < 4.78 is 37.0. The molecule has 1 spiro atoms. The Bertz CT molecular complexity index is 1210. The van der Waals surface area contributed by atoms with E-state index < -0.39 is 15.8 Å². The molecule has 1 amide bonds. The molecule has 1 fully saturated rings. The predicted octanol–water partition coefficient (Wildman–Crippen LogP) is 2.42. The number of hydrogen-bond acceptors (Lipinski definition) is 7. The number of nitrogens with one attached hydrogen (secondary N) is 1. The van der Waals surface area contributed by atoms with E-state index in [4.69, 9.17) is 14.6 Å². The minimum Gasteiger partial charge on any atom is -0.462 e. The Morgan fingerprint density at radius 1 is 1.29 bits per heavy atom. The molecule has 0 bridgehead atoms. The van der Waals surface area contributed by atoms with Gasteiger partial charge < -0.3 is 14.8 Å². The number of esters is 1. The molecule has 0 saturated carbocycles. The van der Waals surface area contributed by atoms with Crippen LogP contribution in [0.2, 0.25) is 0 Å². The lowest BCUT2D eigenvalue weighted by molar-refractivity contribution is 0.0151. The zero-order valence-electron chi connectivity index (χ0n) is 20.5. The van der Waals surface area contributed by atoms with Crippen LogP contribution >= 0.6 is 0 Å². The van der Waals surface area contributed by atoms with Gasteiger partial charge in [-0.05, 0) is 43.2 Å². The molecule has 9 nitrogen and oxygen atoms in total. The molecule has 0 radical (unpaired) electrons. The fourth-order valence-corrected chi connectivity index (χ4v) is 5.80. The van der Waals surface area contributed by atoms with Crippen molar-refractivity contribution in [2.45, 2.75) is 51.0 Å². The number of benzene rings is 1. The summed E-state index contributed by atoms with van der Waals surface area (Å²) >= 11 is 0. The highest BCUT2D eigenvalue weighted by atomic mass is 32.2. The Balaban J connectivity index is 1.51. The van der Waals surface area contributed by atoms with Gasteiger partial charge in [0.05, 0.1) is 34.0 Å². The zero-order valence-corrected chi connectivity index (χ0v) is 21.3. The molecule has 0 aliphatic carbocycles. The summed E-state index contributed by atoms with van der Waals surface area (Å²) in [6.45, 7) is 6.49. The summed E-state index contributed by atoms with van der Waals surface area (Å²) in [6, 6.07) is 6.04. The highest BCUT2D eigenvalue weighted by molar-refractivity contribution is 7.90. The Morgan fingerprint density at radius 2 is 2.00 bits per heavy atom. The van der Waals surface area contributed by atoms with Crippen molar-refractivity contribution in [2.24, 2.45) is 11.3 Å². The van der Waals surface area contributed by atoms with E-state index in [2.05, 4.69) is 5.32 Å². The summed E-state index contributed by atoms with van der Waals surface area (Å²) in [7, 11) is -3.56. The number of hydrogen-bond donors (Lipinski definition) is 1. The van der Waals surface area contributed by atoms with E-state index in [0.717, 1.165) is 36.9 Å². The number of fused-ring (bicyclic) bond motifs is 1. The second kappa shape index (κ2) is 10.1. The molecule has 2 aromatic rings. The number of aromatic nitrogens is 2. The van der Waals surface area contributed by atoms with Crippen molar-refractivity contribution in [2.75, 3.05) is 32.6 Å². The lowest BCUT2D eigenvalue weighted by Crippen LogP contribution is -2.41. The summed E-state index contributed by atoms with van der Waals surface area (Å²) in [6.07, 6.45) is 4.21. The molecule has 35 heavy (non-hydrogen) atoms. The molecule has 1 atom stereocenters. The number of rotatable bonds is 7. The van der Waals surface area contributed by atoms with Gasteiger partial charge in [-0.1, -0.05) is 26.0 Å². The van der Waals surface area contributed by atoms with Crippen molar-refractivity contribution in [1.82, 2.24) is 15.1 Å². The van der Waals surface area contributed by atoms with Gasteiger partial charge in [-0.2, -0.15) is 5.10 Å². The predicted molar refractivity (Wildman–Crippen MR) is 129 cm³/mol. The lowest BCUT2D eigenvalue weighted by Gasteiger charge is -2.36. The van der Waals surface area contributed by atoms with E-state index in [1.165, 1.54) is 12.1 Å². The molecule has 1 aromatic heterocycles. The normalized spacial score (nSPS) is 18.4. The van der Waals surface area contributed by atoms with Gasteiger partial charge in [0.1, 0.15) is 0 Å². The monoisotopic (exact) mass is 503 g/mol. The lowest BCUT2D eigenvalue weighted by atomic mass is 9.76. The van der Waals surface area contributed by atoms with Crippen LogP contribution in [0.4, 0.5) is 0 Å². The van der Waals surface area contributed by atoms with Crippen LogP contribution in [0, 0.1) is 11.3 Å². The first-order chi connectivity index (χ1) is 16.6. The number of aryl methyl sites for hydroxylation is 1. The molecular weight excluding hydrogens is 470 g/mol. The summed E-state index contributed by atoms with van der Waals surface area (Å²) in [5, 5.41) is 7.87. The van der Waals surface area contributed by atoms with Crippen LogP contribution in [0.15, 0.2) is 29.2 Å². The molecule has 1 N–H and O–H groups in total. The van der Waals surface area contributed by atoms with Crippen molar-refractivity contribution in [1.29, 1.82) is 0 Å². The second-order valence-corrected chi connectivity index (χ2v) is 11.7. The first-order valence-corrected chi connectivity index (χ1v) is 13.9. The van der Waals surface area contributed by atoms with Crippen molar-refractivity contribution in [3.8, 4) is 0 Å². The van der Waals surface area contributed by atoms with Gasteiger partial charge in [0.15, 0.2) is 9.84 Å². The van der Waals surface area contributed by atoms with E-state index in [1.54, 1.807) is 12.1 Å². The van der Waals surface area contributed by atoms with Crippen LogP contribution in [0.3, 0.4) is 0 Å². The second-order valence-electron chi connectivity index (χ2n) is 9.75. The Morgan fingerprint density at radius 3 is 2.69 bits per heavy atom. The Kier molecular flexibility index (Phi) is 7.32. The van der Waals surface area contributed by atoms with Crippen molar-refractivity contribution in [3.05, 3.63) is 46.8 Å². The fraction of sp³-hybridized carbons (Fsp3) is 0.560. The van der Waals surface area contributed by atoms with E-state index >= 15 is 0 Å². The quantitative estimate of drug-likeness (QED) is 0.577. The zero-order chi connectivity index (χ0) is 25.2. The molecule has 2 aliphatic rings. The first-order valence-electron chi connectivity index (χ1n) is 12.0. The van der Waals surface area contributed by atoms with E-state index in [9.17, 15) is 18.0 Å². The number of sulfone groups is 1. The SMILES string of the molecule is CCc1nn(C[C@@H](C)COC(=O)c2ccccc2S(C)(=O)=O)c2c1C(=O)NCC1(CCOCC1)C2. The molecule has 3 heterocycles. The largest absolute Gasteiger partial charge is 0.462 e. The van der Waals surface area contributed by atoms with Crippen molar-refractivity contribution in [3.63, 3.8) is 0 Å². The molecule has 2 aliphatic heterocycles. The minimum atomic E-state index is -3.56. The van der Waals surface area contributed by atoms with Gasteiger partial charge in [-0.3, -0.25) is 9.48 Å². The van der Waals surface area contributed by atoms with Crippen LogP contribution < -0.4 is 5.32 Å².